The number of aliphatic carboxylic acids is 1. The van der Waals surface area contributed by atoms with E-state index >= 15 is 0 Å². The lowest BCUT2D eigenvalue weighted by molar-refractivity contribution is -0.142. The zero-order valence-electron chi connectivity index (χ0n) is 21.7. The van der Waals surface area contributed by atoms with Gasteiger partial charge in [0.1, 0.15) is 23.9 Å². The van der Waals surface area contributed by atoms with Gasteiger partial charge in [0, 0.05) is 6.42 Å². The number of nitrogens with one attached hydrogen (secondary N) is 4. The minimum absolute atomic E-state index is 0.0424. The summed E-state index contributed by atoms with van der Waals surface area (Å²) in [6.45, 7) is 4.86. The molecule has 4 unspecified atom stereocenters. The molecule has 206 valence electrons. The zero-order chi connectivity index (χ0) is 27.4. The van der Waals surface area contributed by atoms with E-state index in [0.29, 0.717) is 31.4 Å². The maximum Gasteiger partial charge on any atom is 0.326 e. The number of amides is 3. The fourth-order valence-electron chi connectivity index (χ4n) is 4.26. The van der Waals surface area contributed by atoms with Gasteiger partial charge < -0.3 is 37.2 Å². The van der Waals surface area contributed by atoms with Crippen molar-refractivity contribution in [2.75, 3.05) is 13.1 Å². The van der Waals surface area contributed by atoms with Gasteiger partial charge in [-0.05, 0) is 75.2 Å². The van der Waals surface area contributed by atoms with Crippen molar-refractivity contribution < 1.29 is 29.4 Å². The van der Waals surface area contributed by atoms with Crippen molar-refractivity contribution in [1.82, 2.24) is 21.3 Å². The molecule has 0 saturated carbocycles. The number of rotatable bonds is 15. The molecule has 1 aliphatic rings. The SMILES string of the molecule is CC(C)CC(NC(=O)C(CCCCN)NC(=O)C(Cc1ccc(O)cc1)NC(=O)C1CCCN1)C(=O)O. The predicted molar refractivity (Wildman–Crippen MR) is 139 cm³/mol. The first kappa shape index (κ1) is 30.0. The molecule has 0 bridgehead atoms. The van der Waals surface area contributed by atoms with E-state index in [0.717, 1.165) is 13.0 Å². The molecule has 1 heterocycles. The molecular formula is C26H41N5O6. The average molecular weight is 520 g/mol. The molecule has 0 spiro atoms. The molecule has 0 aromatic heterocycles. The van der Waals surface area contributed by atoms with Crippen LogP contribution in [0.15, 0.2) is 24.3 Å². The number of nitrogens with two attached hydrogens (primary N) is 1. The van der Waals surface area contributed by atoms with Gasteiger partial charge in [0.05, 0.1) is 6.04 Å². The van der Waals surface area contributed by atoms with E-state index in [1.807, 2.05) is 13.8 Å². The number of phenols is 1. The molecule has 11 nitrogen and oxygen atoms in total. The monoisotopic (exact) mass is 519 g/mol. The third-order valence-electron chi connectivity index (χ3n) is 6.29. The minimum atomic E-state index is -1.14. The molecule has 3 amide bonds. The number of hydrogen-bond donors (Lipinski definition) is 7. The number of unbranched alkanes of at least 4 members (excludes halogenated alkanes) is 1. The number of carbonyl (C=O) groups excluding carboxylic acids is 3. The third kappa shape index (κ3) is 10.4. The van der Waals surface area contributed by atoms with E-state index in [9.17, 15) is 29.4 Å². The summed E-state index contributed by atoms with van der Waals surface area (Å²) in [4.78, 5) is 50.9. The van der Waals surface area contributed by atoms with E-state index in [1.165, 1.54) is 12.1 Å². The number of aromatic hydroxyl groups is 1. The molecule has 0 aliphatic carbocycles. The fraction of sp³-hybridized carbons (Fsp3) is 0.615. The lowest BCUT2D eigenvalue weighted by Gasteiger charge is -2.26. The Morgan fingerprint density at radius 3 is 2.22 bits per heavy atom. The molecular weight excluding hydrogens is 478 g/mol. The second kappa shape index (κ2) is 15.2. The number of benzene rings is 1. The molecule has 37 heavy (non-hydrogen) atoms. The van der Waals surface area contributed by atoms with Crippen molar-refractivity contribution in [3.63, 3.8) is 0 Å². The Labute approximate surface area is 217 Å². The summed E-state index contributed by atoms with van der Waals surface area (Å²) in [5.74, 6) is -2.47. The number of hydrogen-bond acceptors (Lipinski definition) is 7. The van der Waals surface area contributed by atoms with E-state index in [4.69, 9.17) is 5.73 Å². The normalized spacial score (nSPS) is 17.6. The maximum absolute atomic E-state index is 13.4. The fourth-order valence-corrected chi connectivity index (χ4v) is 4.26. The Morgan fingerprint density at radius 1 is 1.00 bits per heavy atom. The molecule has 1 saturated heterocycles. The molecule has 0 radical (unpaired) electrons. The smallest absolute Gasteiger partial charge is 0.326 e. The highest BCUT2D eigenvalue weighted by Crippen LogP contribution is 2.13. The molecule has 11 heteroatoms. The number of carboxylic acid groups (broad SMARTS) is 1. The quantitative estimate of drug-likeness (QED) is 0.162. The van der Waals surface area contributed by atoms with E-state index in [2.05, 4.69) is 21.3 Å². The summed E-state index contributed by atoms with van der Waals surface area (Å²) >= 11 is 0. The van der Waals surface area contributed by atoms with Gasteiger partial charge in [0.25, 0.3) is 0 Å². The molecule has 4 atom stereocenters. The van der Waals surface area contributed by atoms with Gasteiger partial charge >= 0.3 is 5.97 Å². The number of carboxylic acids is 1. The molecule has 2 rings (SSSR count). The first-order valence-electron chi connectivity index (χ1n) is 13.0. The van der Waals surface area contributed by atoms with Crippen LogP contribution >= 0.6 is 0 Å². The Balaban J connectivity index is 2.19. The van der Waals surface area contributed by atoms with Gasteiger partial charge in [-0.1, -0.05) is 26.0 Å². The predicted octanol–water partition coefficient (Wildman–Crippen LogP) is 0.401. The number of phenolic OH excluding ortho intramolecular Hbond substituents is 1. The van der Waals surface area contributed by atoms with Crippen LogP contribution in [0.3, 0.4) is 0 Å². The Morgan fingerprint density at radius 2 is 1.65 bits per heavy atom. The lowest BCUT2D eigenvalue weighted by Crippen LogP contribution is -2.57. The maximum atomic E-state index is 13.4. The molecule has 1 fully saturated rings. The standard InChI is InChI=1S/C26H41N5O6/c1-16(2)14-22(26(36)37)31-24(34)20(6-3-4-12-27)29-25(35)21(15-17-8-10-18(32)11-9-17)30-23(33)19-7-5-13-28-19/h8-11,16,19-22,28,32H,3-7,12-15,27H2,1-2H3,(H,29,35)(H,30,33)(H,31,34)(H,36,37). The second-order valence-corrected chi connectivity index (χ2v) is 9.96. The molecule has 8 N–H and O–H groups in total. The van der Waals surface area contributed by atoms with E-state index in [-0.39, 0.29) is 36.8 Å². The first-order chi connectivity index (χ1) is 17.6. The van der Waals surface area contributed by atoms with E-state index in [1.54, 1.807) is 12.1 Å². The summed E-state index contributed by atoms with van der Waals surface area (Å²) < 4.78 is 0. The Kier molecular flexibility index (Phi) is 12.3. The van der Waals surface area contributed by atoms with Crippen LogP contribution in [0.4, 0.5) is 0 Å². The topological polar surface area (TPSA) is 183 Å². The van der Waals surface area contributed by atoms with E-state index < -0.39 is 42.0 Å². The molecule has 1 aromatic rings. The summed E-state index contributed by atoms with van der Waals surface area (Å²) in [5.41, 5.74) is 6.30. The van der Waals surface area contributed by atoms with Crippen LogP contribution in [0.25, 0.3) is 0 Å². The zero-order valence-corrected chi connectivity index (χ0v) is 21.7. The summed E-state index contributed by atoms with van der Waals surface area (Å²) in [5, 5.41) is 30.3. The van der Waals surface area contributed by atoms with Crippen molar-refractivity contribution in [2.24, 2.45) is 11.7 Å². The van der Waals surface area contributed by atoms with Crippen molar-refractivity contribution >= 4 is 23.7 Å². The minimum Gasteiger partial charge on any atom is -0.508 e. The van der Waals surface area contributed by atoms with Gasteiger partial charge in [-0.15, -0.1) is 0 Å². The lowest BCUT2D eigenvalue weighted by atomic mass is 10.0. The summed E-state index contributed by atoms with van der Waals surface area (Å²) in [6.07, 6.45) is 3.37. The largest absolute Gasteiger partial charge is 0.508 e. The van der Waals surface area contributed by atoms with Gasteiger partial charge in [-0.25, -0.2) is 4.79 Å². The van der Waals surface area contributed by atoms with Crippen LogP contribution in [0.2, 0.25) is 0 Å². The van der Waals surface area contributed by atoms with Gasteiger partial charge in [0.2, 0.25) is 17.7 Å². The molecule has 1 aromatic carbocycles. The van der Waals surface area contributed by atoms with Crippen LogP contribution in [0.1, 0.15) is 57.9 Å². The van der Waals surface area contributed by atoms with Crippen LogP contribution in [0, 0.1) is 5.92 Å². The highest BCUT2D eigenvalue weighted by Gasteiger charge is 2.31. The van der Waals surface area contributed by atoms with Crippen LogP contribution in [0.5, 0.6) is 5.75 Å². The van der Waals surface area contributed by atoms with Gasteiger partial charge in [0.15, 0.2) is 0 Å². The molecule has 1 aliphatic heterocycles. The Hall–Kier alpha value is -3.18. The average Bonchev–Trinajstić information content (AvgIpc) is 3.39. The van der Waals surface area contributed by atoms with Crippen molar-refractivity contribution in [3.8, 4) is 5.75 Å². The van der Waals surface area contributed by atoms with Gasteiger partial charge in [-0.2, -0.15) is 0 Å². The highest BCUT2D eigenvalue weighted by molar-refractivity contribution is 5.94. The third-order valence-corrected chi connectivity index (χ3v) is 6.29. The first-order valence-corrected chi connectivity index (χ1v) is 13.0. The van der Waals surface area contributed by atoms with Crippen LogP contribution < -0.4 is 27.0 Å². The van der Waals surface area contributed by atoms with Crippen molar-refractivity contribution in [3.05, 3.63) is 29.8 Å². The van der Waals surface area contributed by atoms with Crippen molar-refractivity contribution in [1.29, 1.82) is 0 Å². The summed E-state index contributed by atoms with van der Waals surface area (Å²) in [7, 11) is 0. The summed E-state index contributed by atoms with van der Waals surface area (Å²) in [6, 6.07) is 2.86. The van der Waals surface area contributed by atoms with Crippen molar-refractivity contribution in [2.45, 2.75) is 83.0 Å². The van der Waals surface area contributed by atoms with Crippen LogP contribution in [-0.2, 0) is 25.6 Å². The second-order valence-electron chi connectivity index (χ2n) is 9.96. The Bertz CT molecular complexity index is 901. The highest BCUT2D eigenvalue weighted by atomic mass is 16.4. The van der Waals surface area contributed by atoms with Gasteiger partial charge in [-0.3, -0.25) is 14.4 Å². The van der Waals surface area contributed by atoms with Crippen LogP contribution in [-0.4, -0.2) is 71.2 Å². The number of carbonyl (C=O) groups is 4.